The molecule has 2 aromatic carbocycles. The van der Waals surface area contributed by atoms with Gasteiger partial charge in [-0.1, -0.05) is 30.7 Å². The molecule has 2 nitrogen and oxygen atoms in total. The van der Waals surface area contributed by atoms with E-state index in [2.05, 4.69) is 22.6 Å². The number of hydrogen-bond donors (Lipinski definition) is 0. The smallest absolute Gasteiger partial charge is 0.151 e. The predicted octanol–water partition coefficient (Wildman–Crippen LogP) is 5.49. The van der Waals surface area contributed by atoms with Gasteiger partial charge in [-0.3, -0.25) is 4.21 Å². The van der Waals surface area contributed by atoms with Crippen LogP contribution in [0, 0.1) is 3.57 Å². The Balaban J connectivity index is 2.30. The Hall–Kier alpha value is -0.850. The van der Waals surface area contributed by atoms with Gasteiger partial charge in [0.2, 0.25) is 0 Å². The van der Waals surface area contributed by atoms with E-state index in [4.69, 9.17) is 16.0 Å². The maximum absolute atomic E-state index is 12.5. The van der Waals surface area contributed by atoms with Crippen LogP contribution in [0.1, 0.15) is 6.92 Å². The van der Waals surface area contributed by atoms with Crippen LogP contribution in [0.5, 0.6) is 0 Å². The van der Waals surface area contributed by atoms with Crippen molar-refractivity contribution < 1.29 is 8.63 Å². The maximum atomic E-state index is 12.5. The molecule has 3 aromatic rings. The molecule has 108 valence electrons. The minimum absolute atomic E-state index is 0.540. The van der Waals surface area contributed by atoms with E-state index in [0.717, 1.165) is 19.4 Å². The zero-order chi connectivity index (χ0) is 15.0. The molecule has 1 heterocycles. The van der Waals surface area contributed by atoms with Gasteiger partial charge in [0.1, 0.15) is 5.58 Å². The minimum Gasteiger partial charge on any atom is -0.455 e. The van der Waals surface area contributed by atoms with Gasteiger partial charge in [0.25, 0.3) is 0 Å². The highest BCUT2D eigenvalue weighted by atomic mass is 127. The van der Waals surface area contributed by atoms with Gasteiger partial charge in [-0.15, -0.1) is 0 Å². The molecule has 0 N–H and O–H groups in total. The second-order valence-corrected chi connectivity index (χ2v) is 7.90. The molecule has 1 aromatic heterocycles. The lowest BCUT2D eigenvalue weighted by molar-refractivity contribution is 0.622. The molecule has 21 heavy (non-hydrogen) atoms. The first-order chi connectivity index (χ1) is 10.1. The molecule has 0 fully saturated rings. The van der Waals surface area contributed by atoms with Crippen LogP contribution in [0.25, 0.3) is 22.3 Å². The highest BCUT2D eigenvalue weighted by Gasteiger charge is 2.20. The zero-order valence-electron chi connectivity index (χ0n) is 11.2. The van der Waals surface area contributed by atoms with Crippen LogP contribution >= 0.6 is 34.2 Å². The summed E-state index contributed by atoms with van der Waals surface area (Å²) in [7, 11) is -1.11. The second kappa shape index (κ2) is 6.10. The Kier molecular flexibility index (Phi) is 4.38. The summed E-state index contributed by atoms with van der Waals surface area (Å²) in [6.07, 6.45) is 0. The lowest BCUT2D eigenvalue weighted by Crippen LogP contribution is -1.95. The molecule has 3 rings (SSSR count). The summed E-state index contributed by atoms with van der Waals surface area (Å²) in [5.41, 5.74) is 1.64. The van der Waals surface area contributed by atoms with Gasteiger partial charge in [-0.2, -0.15) is 0 Å². The molecule has 0 spiro atoms. The molecule has 1 atom stereocenters. The quantitative estimate of drug-likeness (QED) is 0.515. The standard InChI is InChI=1S/C16H12ClIO2S/c1-2-21(19)16-13-9-11(17)5-8-14(13)20-15(16)10-3-6-12(18)7-4-10/h3-9H,2H2,1H3. The van der Waals surface area contributed by atoms with Gasteiger partial charge in [0.05, 0.1) is 15.7 Å². The van der Waals surface area contributed by atoms with Gasteiger partial charge >= 0.3 is 0 Å². The molecule has 0 saturated heterocycles. The number of hydrogen-bond acceptors (Lipinski definition) is 2. The van der Waals surface area contributed by atoms with Crippen molar-refractivity contribution in [1.82, 2.24) is 0 Å². The Morgan fingerprint density at radius 3 is 2.57 bits per heavy atom. The number of halogens is 2. The molecule has 0 amide bonds. The normalized spacial score (nSPS) is 12.7. The monoisotopic (exact) mass is 430 g/mol. The van der Waals surface area contributed by atoms with E-state index in [-0.39, 0.29) is 0 Å². The summed E-state index contributed by atoms with van der Waals surface area (Å²) in [5, 5.41) is 1.45. The Bertz CT molecular complexity index is 824. The highest BCUT2D eigenvalue weighted by Crippen LogP contribution is 2.37. The molecule has 0 radical (unpaired) electrons. The zero-order valence-corrected chi connectivity index (χ0v) is 15.0. The first kappa shape index (κ1) is 15.1. The minimum atomic E-state index is -1.11. The number of furan rings is 1. The van der Waals surface area contributed by atoms with E-state index in [1.54, 1.807) is 6.07 Å². The fraction of sp³-hybridized carbons (Fsp3) is 0.125. The summed E-state index contributed by atoms with van der Waals surface area (Å²) in [5.74, 6) is 1.21. The van der Waals surface area contributed by atoms with E-state index in [9.17, 15) is 4.21 Å². The number of rotatable bonds is 3. The van der Waals surface area contributed by atoms with Gasteiger partial charge < -0.3 is 4.42 Å². The van der Waals surface area contributed by atoms with Crippen LogP contribution in [0.2, 0.25) is 5.02 Å². The van der Waals surface area contributed by atoms with Crippen molar-refractivity contribution in [3.05, 3.63) is 51.1 Å². The van der Waals surface area contributed by atoms with Crippen molar-refractivity contribution >= 4 is 56.0 Å². The van der Waals surface area contributed by atoms with Crippen molar-refractivity contribution in [2.45, 2.75) is 11.8 Å². The van der Waals surface area contributed by atoms with Crippen LogP contribution in [-0.4, -0.2) is 9.96 Å². The van der Waals surface area contributed by atoms with Gasteiger partial charge in [0.15, 0.2) is 5.76 Å². The van der Waals surface area contributed by atoms with Crippen molar-refractivity contribution in [2.24, 2.45) is 0 Å². The van der Waals surface area contributed by atoms with Gasteiger partial charge in [-0.25, -0.2) is 0 Å². The maximum Gasteiger partial charge on any atom is 0.151 e. The van der Waals surface area contributed by atoms with Gasteiger partial charge in [-0.05, 0) is 52.9 Å². The molecule has 1 unspecified atom stereocenters. The van der Waals surface area contributed by atoms with Crippen molar-refractivity contribution in [3.8, 4) is 11.3 Å². The second-order valence-electron chi connectivity index (χ2n) is 4.54. The van der Waals surface area contributed by atoms with E-state index in [1.165, 1.54) is 0 Å². The SMILES string of the molecule is CCS(=O)c1c(-c2ccc(I)cc2)oc2ccc(Cl)cc12. The molecule has 5 heteroatoms. The van der Waals surface area contributed by atoms with Crippen LogP contribution in [0.4, 0.5) is 0 Å². The lowest BCUT2D eigenvalue weighted by Gasteiger charge is -2.02. The third-order valence-electron chi connectivity index (χ3n) is 3.20. The summed E-state index contributed by atoms with van der Waals surface area (Å²) < 4.78 is 19.6. The Morgan fingerprint density at radius 1 is 1.19 bits per heavy atom. The third kappa shape index (κ3) is 2.89. The van der Waals surface area contributed by atoms with Crippen LogP contribution in [0.15, 0.2) is 51.8 Å². The van der Waals surface area contributed by atoms with Crippen molar-refractivity contribution in [2.75, 3.05) is 5.75 Å². The summed E-state index contributed by atoms with van der Waals surface area (Å²) >= 11 is 8.33. The van der Waals surface area contributed by atoms with Crippen LogP contribution < -0.4 is 0 Å². The van der Waals surface area contributed by atoms with E-state index in [0.29, 0.717) is 22.1 Å². The molecule has 0 aliphatic carbocycles. The first-order valence-electron chi connectivity index (χ1n) is 6.46. The summed E-state index contributed by atoms with van der Waals surface area (Å²) in [6, 6.07) is 13.4. The Morgan fingerprint density at radius 2 is 1.90 bits per heavy atom. The average Bonchev–Trinajstić information content (AvgIpc) is 2.85. The third-order valence-corrected chi connectivity index (χ3v) is 5.54. The van der Waals surface area contributed by atoms with Crippen molar-refractivity contribution in [3.63, 3.8) is 0 Å². The predicted molar refractivity (Wildman–Crippen MR) is 96.3 cm³/mol. The fourth-order valence-electron chi connectivity index (χ4n) is 2.21. The van der Waals surface area contributed by atoms with Crippen LogP contribution in [0.3, 0.4) is 0 Å². The topological polar surface area (TPSA) is 30.2 Å². The average molecular weight is 431 g/mol. The molecule has 0 aliphatic heterocycles. The fourth-order valence-corrected chi connectivity index (χ4v) is 3.80. The number of fused-ring (bicyclic) bond motifs is 1. The van der Waals surface area contributed by atoms with Gasteiger partial charge in [0, 0.05) is 25.3 Å². The van der Waals surface area contributed by atoms with E-state index >= 15 is 0 Å². The van der Waals surface area contributed by atoms with E-state index in [1.807, 2.05) is 43.3 Å². The molecular formula is C16H12ClIO2S. The molecular weight excluding hydrogens is 419 g/mol. The number of benzene rings is 2. The first-order valence-corrected chi connectivity index (χ1v) is 9.24. The molecule has 0 saturated carbocycles. The Labute approximate surface area is 144 Å². The molecule has 0 bridgehead atoms. The van der Waals surface area contributed by atoms with Crippen LogP contribution in [-0.2, 0) is 10.8 Å². The lowest BCUT2D eigenvalue weighted by atomic mass is 10.1. The summed E-state index contributed by atoms with van der Waals surface area (Å²) in [4.78, 5) is 0.733. The molecule has 0 aliphatic rings. The largest absolute Gasteiger partial charge is 0.455 e. The van der Waals surface area contributed by atoms with Crippen molar-refractivity contribution in [1.29, 1.82) is 0 Å². The summed E-state index contributed by atoms with van der Waals surface area (Å²) in [6.45, 7) is 1.90. The highest BCUT2D eigenvalue weighted by molar-refractivity contribution is 14.1. The van der Waals surface area contributed by atoms with E-state index < -0.39 is 10.8 Å².